The lowest BCUT2D eigenvalue weighted by atomic mass is 9.94. The summed E-state index contributed by atoms with van der Waals surface area (Å²) >= 11 is 1.48. The van der Waals surface area contributed by atoms with Crippen LogP contribution in [0.5, 0.6) is 0 Å². The Morgan fingerprint density at radius 3 is 2.86 bits per heavy atom. The van der Waals surface area contributed by atoms with Gasteiger partial charge in [0.1, 0.15) is 10.5 Å². The van der Waals surface area contributed by atoms with Gasteiger partial charge in [0.05, 0.1) is 12.5 Å². The zero-order chi connectivity index (χ0) is 16.3. The van der Waals surface area contributed by atoms with Crippen molar-refractivity contribution in [2.45, 2.75) is 38.1 Å². The van der Waals surface area contributed by atoms with Crippen LogP contribution in [0.1, 0.15) is 36.4 Å². The third kappa shape index (κ3) is 2.87. The first-order valence-corrected chi connectivity index (χ1v) is 8.29. The first-order chi connectivity index (χ1) is 10.5. The summed E-state index contributed by atoms with van der Waals surface area (Å²) in [5.41, 5.74) is 0.0109. The van der Waals surface area contributed by atoms with Crippen LogP contribution < -0.4 is 5.32 Å². The summed E-state index contributed by atoms with van der Waals surface area (Å²) in [6.45, 7) is 4.54. The number of hydrogen-bond donors (Lipinski definition) is 1. The van der Waals surface area contributed by atoms with Crippen molar-refractivity contribution in [1.29, 1.82) is 0 Å². The number of hydrogen-bond acceptors (Lipinski definition) is 5. The standard InChI is InChI=1S/C15H23N3O3S/c1-10-8-22-12(17-10)11(2)13(19)18-7-5-6-15(18,9-21-4)14(20)16-3/h8,11H,5-7,9H2,1-4H3,(H,16,20). The van der Waals surface area contributed by atoms with Crippen molar-refractivity contribution in [3.63, 3.8) is 0 Å². The van der Waals surface area contributed by atoms with E-state index < -0.39 is 5.54 Å². The highest BCUT2D eigenvalue weighted by atomic mass is 32.1. The summed E-state index contributed by atoms with van der Waals surface area (Å²) < 4.78 is 5.25. The Hall–Kier alpha value is -1.47. The summed E-state index contributed by atoms with van der Waals surface area (Å²) in [7, 11) is 3.15. The molecule has 7 heteroatoms. The van der Waals surface area contributed by atoms with Crippen molar-refractivity contribution in [3.05, 3.63) is 16.1 Å². The number of likely N-dealkylation sites (N-methyl/N-ethyl adjacent to an activating group) is 1. The largest absolute Gasteiger partial charge is 0.382 e. The number of nitrogens with one attached hydrogen (secondary N) is 1. The quantitative estimate of drug-likeness (QED) is 0.886. The van der Waals surface area contributed by atoms with Crippen LogP contribution in [-0.4, -0.2) is 54.5 Å². The van der Waals surface area contributed by atoms with E-state index >= 15 is 0 Å². The fourth-order valence-electron chi connectivity index (χ4n) is 3.03. The molecule has 0 aliphatic carbocycles. The van der Waals surface area contributed by atoms with Crippen LogP contribution in [0.25, 0.3) is 0 Å². The van der Waals surface area contributed by atoms with Gasteiger partial charge in [-0.1, -0.05) is 0 Å². The molecule has 0 bridgehead atoms. The smallest absolute Gasteiger partial charge is 0.248 e. The van der Waals surface area contributed by atoms with Gasteiger partial charge < -0.3 is 15.0 Å². The molecule has 1 aliphatic heterocycles. The Labute approximate surface area is 134 Å². The average molecular weight is 325 g/mol. The molecule has 0 saturated carbocycles. The third-order valence-corrected chi connectivity index (χ3v) is 5.31. The lowest BCUT2D eigenvalue weighted by Gasteiger charge is -2.37. The van der Waals surface area contributed by atoms with Crippen molar-refractivity contribution in [2.75, 3.05) is 27.3 Å². The minimum atomic E-state index is -0.902. The zero-order valence-electron chi connectivity index (χ0n) is 13.5. The van der Waals surface area contributed by atoms with Gasteiger partial charge in [-0.15, -0.1) is 11.3 Å². The SMILES string of the molecule is CNC(=O)C1(COC)CCCN1C(=O)C(C)c1nc(C)cs1. The second-order valence-electron chi connectivity index (χ2n) is 5.69. The number of ether oxygens (including phenoxy) is 1. The van der Waals surface area contributed by atoms with E-state index in [4.69, 9.17) is 4.74 Å². The second-order valence-corrected chi connectivity index (χ2v) is 6.58. The van der Waals surface area contributed by atoms with E-state index in [1.165, 1.54) is 11.3 Å². The van der Waals surface area contributed by atoms with E-state index in [2.05, 4.69) is 10.3 Å². The number of rotatable bonds is 5. The van der Waals surface area contributed by atoms with E-state index in [1.54, 1.807) is 19.1 Å². The van der Waals surface area contributed by atoms with Crippen LogP contribution >= 0.6 is 11.3 Å². The normalized spacial score (nSPS) is 22.6. The molecule has 2 heterocycles. The van der Waals surface area contributed by atoms with Crippen molar-refractivity contribution < 1.29 is 14.3 Å². The fraction of sp³-hybridized carbons (Fsp3) is 0.667. The summed E-state index contributed by atoms with van der Waals surface area (Å²) in [6, 6.07) is 0. The Morgan fingerprint density at radius 2 is 2.32 bits per heavy atom. The summed E-state index contributed by atoms with van der Waals surface area (Å²) in [5.74, 6) is -0.576. The van der Waals surface area contributed by atoms with Crippen molar-refractivity contribution >= 4 is 23.2 Å². The highest BCUT2D eigenvalue weighted by Crippen LogP contribution is 2.34. The average Bonchev–Trinajstić information content (AvgIpc) is 3.12. The van der Waals surface area contributed by atoms with E-state index in [1.807, 2.05) is 19.2 Å². The van der Waals surface area contributed by atoms with Gasteiger partial charge in [-0.3, -0.25) is 9.59 Å². The molecule has 2 atom stereocenters. The number of aromatic nitrogens is 1. The van der Waals surface area contributed by atoms with Crippen molar-refractivity contribution in [1.82, 2.24) is 15.2 Å². The summed E-state index contributed by atoms with van der Waals surface area (Å²) in [6.07, 6.45) is 1.42. The topological polar surface area (TPSA) is 71.5 Å². The molecule has 1 aliphatic rings. The van der Waals surface area contributed by atoms with Gasteiger partial charge in [0.15, 0.2) is 0 Å². The van der Waals surface area contributed by atoms with Gasteiger partial charge in [0.25, 0.3) is 0 Å². The van der Waals surface area contributed by atoms with Crippen LogP contribution in [0.15, 0.2) is 5.38 Å². The minimum Gasteiger partial charge on any atom is -0.382 e. The molecule has 2 amide bonds. The van der Waals surface area contributed by atoms with Crippen molar-refractivity contribution in [2.24, 2.45) is 0 Å². The van der Waals surface area contributed by atoms with Gasteiger partial charge in [0, 0.05) is 31.8 Å². The number of methoxy groups -OCH3 is 1. The fourth-order valence-corrected chi connectivity index (χ4v) is 3.88. The van der Waals surface area contributed by atoms with Crippen LogP contribution in [0.3, 0.4) is 0 Å². The van der Waals surface area contributed by atoms with E-state index in [9.17, 15) is 9.59 Å². The van der Waals surface area contributed by atoms with E-state index in [-0.39, 0.29) is 24.3 Å². The monoisotopic (exact) mass is 325 g/mol. The Balaban J connectivity index is 2.28. The predicted octanol–water partition coefficient (Wildman–Crippen LogP) is 1.31. The molecule has 0 aromatic carbocycles. The van der Waals surface area contributed by atoms with Gasteiger partial charge in [-0.2, -0.15) is 0 Å². The molecular formula is C15H23N3O3S. The first-order valence-electron chi connectivity index (χ1n) is 7.41. The molecule has 0 spiro atoms. The van der Waals surface area contributed by atoms with E-state index in [0.717, 1.165) is 17.1 Å². The molecule has 0 radical (unpaired) electrons. The molecule has 2 unspecified atom stereocenters. The number of carbonyl (C=O) groups excluding carboxylic acids is 2. The molecule has 6 nitrogen and oxygen atoms in total. The predicted molar refractivity (Wildman–Crippen MR) is 84.9 cm³/mol. The Kier molecular flexibility index (Phi) is 5.18. The Morgan fingerprint density at radius 1 is 1.59 bits per heavy atom. The van der Waals surface area contributed by atoms with Crippen LogP contribution in [0, 0.1) is 6.92 Å². The molecule has 1 saturated heterocycles. The maximum atomic E-state index is 12.9. The van der Waals surface area contributed by atoms with Crippen molar-refractivity contribution in [3.8, 4) is 0 Å². The Bertz CT molecular complexity index is 560. The number of thiazole rings is 1. The van der Waals surface area contributed by atoms with Crippen LogP contribution in [-0.2, 0) is 14.3 Å². The minimum absolute atomic E-state index is 0.0625. The van der Waals surface area contributed by atoms with Gasteiger partial charge in [0.2, 0.25) is 11.8 Å². The molecule has 1 aromatic rings. The molecule has 1 fully saturated rings. The molecule has 2 rings (SSSR count). The second kappa shape index (κ2) is 6.75. The summed E-state index contributed by atoms with van der Waals surface area (Å²) in [5, 5.41) is 5.40. The molecular weight excluding hydrogens is 302 g/mol. The number of aryl methyl sites for hydroxylation is 1. The number of nitrogens with zero attached hydrogens (tertiary/aromatic N) is 2. The maximum absolute atomic E-state index is 12.9. The maximum Gasteiger partial charge on any atom is 0.248 e. The highest BCUT2D eigenvalue weighted by molar-refractivity contribution is 7.09. The summed E-state index contributed by atoms with van der Waals surface area (Å²) in [4.78, 5) is 31.4. The molecule has 122 valence electrons. The van der Waals surface area contributed by atoms with Crippen LogP contribution in [0.2, 0.25) is 0 Å². The highest BCUT2D eigenvalue weighted by Gasteiger charge is 2.50. The molecule has 22 heavy (non-hydrogen) atoms. The van der Waals surface area contributed by atoms with Crippen LogP contribution in [0.4, 0.5) is 0 Å². The van der Waals surface area contributed by atoms with Gasteiger partial charge in [-0.25, -0.2) is 4.98 Å². The van der Waals surface area contributed by atoms with Gasteiger partial charge in [-0.05, 0) is 26.7 Å². The number of carbonyl (C=O) groups is 2. The van der Waals surface area contributed by atoms with Gasteiger partial charge >= 0.3 is 0 Å². The number of likely N-dealkylation sites (tertiary alicyclic amines) is 1. The third-order valence-electron chi connectivity index (χ3n) is 4.17. The van der Waals surface area contributed by atoms with E-state index in [0.29, 0.717) is 13.0 Å². The lowest BCUT2D eigenvalue weighted by molar-refractivity contribution is -0.148. The zero-order valence-corrected chi connectivity index (χ0v) is 14.3. The first kappa shape index (κ1) is 16.9. The lowest BCUT2D eigenvalue weighted by Crippen LogP contribution is -2.60. The number of amides is 2. The molecule has 1 N–H and O–H groups in total. The molecule has 1 aromatic heterocycles.